The number of carbonyl (C=O) groups is 1. The maximum Gasteiger partial charge on any atom is 0.314 e. The van der Waals surface area contributed by atoms with E-state index in [4.69, 9.17) is 9.94 Å². The Morgan fingerprint density at radius 2 is 2.13 bits per heavy atom. The molecule has 0 saturated heterocycles. The smallest absolute Gasteiger partial charge is 0.314 e. The van der Waals surface area contributed by atoms with Gasteiger partial charge in [0.2, 0.25) is 0 Å². The fourth-order valence-electron chi connectivity index (χ4n) is 1.37. The van der Waals surface area contributed by atoms with Gasteiger partial charge in [-0.05, 0) is 13.3 Å². The first kappa shape index (κ1) is 13.9. The van der Waals surface area contributed by atoms with Gasteiger partial charge in [0.1, 0.15) is 0 Å². The van der Waals surface area contributed by atoms with Crippen molar-refractivity contribution in [1.29, 1.82) is 0 Å². The summed E-state index contributed by atoms with van der Waals surface area (Å²) in [5.74, 6) is -0.696. The summed E-state index contributed by atoms with van der Waals surface area (Å²) in [5.41, 5.74) is 0. The van der Waals surface area contributed by atoms with E-state index in [-0.39, 0.29) is 5.97 Å². The third-order valence-electron chi connectivity index (χ3n) is 2.20. The Bertz CT molecular complexity index is 192. The Morgan fingerprint density at radius 1 is 1.40 bits per heavy atom. The van der Waals surface area contributed by atoms with Crippen LogP contribution in [0.1, 0.15) is 46.0 Å². The summed E-state index contributed by atoms with van der Waals surface area (Å²) in [6.07, 6.45) is 6.35. The molecule has 0 aromatic heterocycles. The predicted octanol–water partition coefficient (Wildman–Crippen LogP) is 2.60. The molecule has 0 saturated carbocycles. The highest BCUT2D eigenvalue weighted by molar-refractivity contribution is 5.89. The number of nitrogens with zero attached hydrogens (tertiary/aromatic N) is 1. The van der Waals surface area contributed by atoms with Crippen LogP contribution in [0, 0.1) is 5.92 Å². The molecule has 1 atom stereocenters. The fourth-order valence-corrected chi connectivity index (χ4v) is 1.37. The molecule has 0 aliphatic rings. The van der Waals surface area contributed by atoms with Gasteiger partial charge in [0.15, 0.2) is 0 Å². The molecule has 0 aromatic carbocycles. The van der Waals surface area contributed by atoms with E-state index >= 15 is 0 Å². The molecule has 1 N–H and O–H groups in total. The van der Waals surface area contributed by atoms with Gasteiger partial charge in [0.05, 0.1) is 18.7 Å². The van der Waals surface area contributed by atoms with Crippen LogP contribution in [0.25, 0.3) is 0 Å². The molecule has 0 fully saturated rings. The summed E-state index contributed by atoms with van der Waals surface area (Å²) >= 11 is 0. The highest BCUT2D eigenvalue weighted by atomic mass is 16.5. The molecule has 4 nitrogen and oxygen atoms in total. The van der Waals surface area contributed by atoms with Crippen LogP contribution < -0.4 is 0 Å². The van der Waals surface area contributed by atoms with Crippen LogP contribution in [0.3, 0.4) is 0 Å². The summed E-state index contributed by atoms with van der Waals surface area (Å²) in [4.78, 5) is 11.4. The topological polar surface area (TPSA) is 58.9 Å². The van der Waals surface area contributed by atoms with Gasteiger partial charge in [0, 0.05) is 0 Å². The molecule has 88 valence electrons. The van der Waals surface area contributed by atoms with E-state index in [9.17, 15) is 4.79 Å². The number of esters is 1. The van der Waals surface area contributed by atoms with E-state index in [1.54, 1.807) is 6.92 Å². The van der Waals surface area contributed by atoms with E-state index in [1.165, 1.54) is 12.6 Å². The second-order valence-corrected chi connectivity index (χ2v) is 3.47. The van der Waals surface area contributed by atoms with Gasteiger partial charge in [-0.1, -0.05) is 32.6 Å². The first-order valence-electron chi connectivity index (χ1n) is 5.60. The van der Waals surface area contributed by atoms with E-state index in [1.807, 2.05) is 0 Å². The van der Waals surface area contributed by atoms with Crippen molar-refractivity contribution in [2.45, 2.75) is 46.0 Å². The van der Waals surface area contributed by atoms with Gasteiger partial charge in [-0.25, -0.2) is 0 Å². The molecule has 0 rings (SSSR count). The maximum atomic E-state index is 11.4. The van der Waals surface area contributed by atoms with Gasteiger partial charge in [-0.2, -0.15) is 0 Å². The summed E-state index contributed by atoms with van der Waals surface area (Å²) in [6, 6.07) is 0. The quantitative estimate of drug-likeness (QED) is 0.222. The second kappa shape index (κ2) is 9.49. The van der Waals surface area contributed by atoms with Crippen molar-refractivity contribution >= 4 is 12.2 Å². The standard InChI is InChI=1S/C11H21NO3/c1-3-5-6-7-8-10(9-12-14)11(13)15-4-2/h9-10,14H,3-8H2,1-2H3/b12-9-. The first-order valence-corrected chi connectivity index (χ1v) is 5.60. The Kier molecular flexibility index (Phi) is 8.82. The number of rotatable bonds is 8. The number of hydrogen-bond donors (Lipinski definition) is 1. The van der Waals surface area contributed by atoms with Gasteiger partial charge < -0.3 is 9.94 Å². The van der Waals surface area contributed by atoms with Crippen LogP contribution in [0.2, 0.25) is 0 Å². The Hall–Kier alpha value is -1.06. The third kappa shape index (κ3) is 6.94. The number of unbranched alkanes of at least 4 members (excludes halogenated alkanes) is 3. The highest BCUT2D eigenvalue weighted by Crippen LogP contribution is 2.11. The normalized spacial score (nSPS) is 12.9. The van der Waals surface area contributed by atoms with Crippen LogP contribution in [0.4, 0.5) is 0 Å². The van der Waals surface area contributed by atoms with E-state index < -0.39 is 5.92 Å². The summed E-state index contributed by atoms with van der Waals surface area (Å²) < 4.78 is 4.87. The Morgan fingerprint density at radius 3 is 2.67 bits per heavy atom. The molecule has 0 amide bonds. The summed E-state index contributed by atoms with van der Waals surface area (Å²) in [7, 11) is 0. The molecule has 0 aliphatic carbocycles. The van der Waals surface area contributed by atoms with Crippen LogP contribution in [0.15, 0.2) is 5.16 Å². The SMILES string of the molecule is CCCCCCC(/C=N\O)C(=O)OCC. The zero-order valence-corrected chi connectivity index (χ0v) is 9.61. The van der Waals surface area contributed by atoms with Crippen LogP contribution >= 0.6 is 0 Å². The van der Waals surface area contributed by atoms with Crippen molar-refractivity contribution in [3.8, 4) is 0 Å². The van der Waals surface area contributed by atoms with Crippen molar-refractivity contribution in [3.63, 3.8) is 0 Å². The Labute approximate surface area is 91.3 Å². The summed E-state index contributed by atoms with van der Waals surface area (Å²) in [6.45, 7) is 4.27. The molecule has 1 unspecified atom stereocenters. The average molecular weight is 215 g/mol. The zero-order chi connectivity index (χ0) is 11.5. The minimum Gasteiger partial charge on any atom is -0.465 e. The molecule has 0 heterocycles. The fraction of sp³-hybridized carbons (Fsp3) is 0.818. The van der Waals surface area contributed by atoms with Crippen molar-refractivity contribution in [2.75, 3.05) is 6.61 Å². The average Bonchev–Trinajstić information content (AvgIpc) is 2.23. The molecular formula is C11H21NO3. The van der Waals surface area contributed by atoms with Crippen LogP contribution in [0.5, 0.6) is 0 Å². The van der Waals surface area contributed by atoms with Crippen LogP contribution in [-0.2, 0) is 9.53 Å². The summed E-state index contributed by atoms with van der Waals surface area (Å²) in [5, 5.41) is 11.3. The van der Waals surface area contributed by atoms with Crippen LogP contribution in [-0.4, -0.2) is 24.0 Å². The molecule has 0 aliphatic heterocycles. The van der Waals surface area contributed by atoms with Crippen molar-refractivity contribution < 1.29 is 14.7 Å². The maximum absolute atomic E-state index is 11.4. The van der Waals surface area contributed by atoms with Crippen molar-refractivity contribution in [3.05, 3.63) is 0 Å². The molecule has 0 radical (unpaired) electrons. The lowest BCUT2D eigenvalue weighted by Crippen LogP contribution is -2.19. The monoisotopic (exact) mass is 215 g/mol. The highest BCUT2D eigenvalue weighted by Gasteiger charge is 2.16. The Balaban J connectivity index is 3.87. The molecule has 0 aromatic rings. The van der Waals surface area contributed by atoms with E-state index in [0.717, 1.165) is 19.3 Å². The molecule has 4 heteroatoms. The van der Waals surface area contributed by atoms with Gasteiger partial charge in [-0.15, -0.1) is 5.16 Å². The number of ether oxygens (including phenoxy) is 1. The molecule has 0 spiro atoms. The largest absolute Gasteiger partial charge is 0.465 e. The zero-order valence-electron chi connectivity index (χ0n) is 9.61. The second-order valence-electron chi connectivity index (χ2n) is 3.47. The lowest BCUT2D eigenvalue weighted by atomic mass is 10.0. The third-order valence-corrected chi connectivity index (χ3v) is 2.20. The van der Waals surface area contributed by atoms with Gasteiger partial charge in [0.25, 0.3) is 0 Å². The minimum absolute atomic E-state index is 0.299. The lowest BCUT2D eigenvalue weighted by Gasteiger charge is -2.09. The minimum atomic E-state index is -0.396. The van der Waals surface area contributed by atoms with Gasteiger partial charge >= 0.3 is 5.97 Å². The number of oxime groups is 1. The van der Waals surface area contributed by atoms with Crippen molar-refractivity contribution in [1.82, 2.24) is 0 Å². The number of hydrogen-bond acceptors (Lipinski definition) is 4. The molecular weight excluding hydrogens is 194 g/mol. The van der Waals surface area contributed by atoms with Crippen molar-refractivity contribution in [2.24, 2.45) is 11.1 Å². The lowest BCUT2D eigenvalue weighted by molar-refractivity contribution is -0.145. The first-order chi connectivity index (χ1) is 7.26. The predicted molar refractivity (Wildman–Crippen MR) is 59.2 cm³/mol. The molecule has 15 heavy (non-hydrogen) atoms. The van der Waals surface area contributed by atoms with Gasteiger partial charge in [-0.3, -0.25) is 4.79 Å². The molecule has 0 bridgehead atoms. The van der Waals surface area contributed by atoms with E-state index in [2.05, 4.69) is 12.1 Å². The number of carbonyl (C=O) groups excluding carboxylic acids is 1. The van der Waals surface area contributed by atoms with E-state index in [0.29, 0.717) is 13.0 Å².